The van der Waals surface area contributed by atoms with Crippen molar-refractivity contribution in [1.82, 2.24) is 9.78 Å². The molecule has 6 nitrogen and oxygen atoms in total. The maximum absolute atomic E-state index is 12.2. The molecule has 1 aliphatic rings. The molecule has 1 aromatic carbocycles. The van der Waals surface area contributed by atoms with Crippen LogP contribution in [0.25, 0.3) is 0 Å². The Morgan fingerprint density at radius 1 is 1.33 bits per heavy atom. The number of amides is 1. The number of aromatic nitrogens is 2. The van der Waals surface area contributed by atoms with E-state index in [-0.39, 0.29) is 24.5 Å². The van der Waals surface area contributed by atoms with Crippen LogP contribution in [0.15, 0.2) is 42.7 Å². The summed E-state index contributed by atoms with van der Waals surface area (Å²) in [4.78, 5) is 26.0. The van der Waals surface area contributed by atoms with Gasteiger partial charge < -0.3 is 9.64 Å². The molecule has 2 aromatic rings. The molecule has 1 unspecified atom stereocenters. The van der Waals surface area contributed by atoms with Crippen LogP contribution < -0.4 is 4.90 Å². The molecule has 2 heterocycles. The van der Waals surface area contributed by atoms with E-state index in [1.807, 2.05) is 44.2 Å². The molecule has 126 valence electrons. The lowest BCUT2D eigenvalue weighted by molar-refractivity contribution is -0.117. The summed E-state index contributed by atoms with van der Waals surface area (Å²) in [5.41, 5.74) is 1.32. The highest BCUT2D eigenvalue weighted by atomic mass is 16.5. The predicted molar refractivity (Wildman–Crippen MR) is 89.8 cm³/mol. The summed E-state index contributed by atoms with van der Waals surface area (Å²) in [7, 11) is 0. The van der Waals surface area contributed by atoms with Crippen LogP contribution >= 0.6 is 0 Å². The summed E-state index contributed by atoms with van der Waals surface area (Å²) >= 11 is 0. The molecule has 0 radical (unpaired) electrons. The molecule has 1 atom stereocenters. The van der Waals surface area contributed by atoms with Crippen LogP contribution in [0.4, 0.5) is 5.69 Å². The Bertz CT molecular complexity index is 724. The van der Waals surface area contributed by atoms with E-state index in [0.717, 1.165) is 5.69 Å². The van der Waals surface area contributed by atoms with Gasteiger partial charge in [-0.15, -0.1) is 0 Å². The van der Waals surface area contributed by atoms with Gasteiger partial charge in [-0.1, -0.05) is 18.2 Å². The Morgan fingerprint density at radius 2 is 2.08 bits per heavy atom. The van der Waals surface area contributed by atoms with Crippen molar-refractivity contribution in [3.8, 4) is 0 Å². The van der Waals surface area contributed by atoms with Gasteiger partial charge in [-0.05, 0) is 26.0 Å². The number of ether oxygens (including phenoxy) is 1. The summed E-state index contributed by atoms with van der Waals surface area (Å²) in [5.74, 6) is -0.316. The van der Waals surface area contributed by atoms with Crippen molar-refractivity contribution in [2.24, 2.45) is 5.92 Å². The molecule has 1 aromatic heterocycles. The molecule has 0 bridgehead atoms. The summed E-state index contributed by atoms with van der Waals surface area (Å²) in [6.07, 6.45) is 3.59. The van der Waals surface area contributed by atoms with Crippen LogP contribution in [0, 0.1) is 5.92 Å². The van der Waals surface area contributed by atoms with Gasteiger partial charge >= 0.3 is 5.97 Å². The van der Waals surface area contributed by atoms with Crippen molar-refractivity contribution in [2.45, 2.75) is 26.3 Å². The number of carbonyl (C=O) groups is 2. The fourth-order valence-corrected chi connectivity index (χ4v) is 2.75. The van der Waals surface area contributed by atoms with Gasteiger partial charge in [0.05, 0.1) is 18.4 Å². The molecule has 6 heteroatoms. The van der Waals surface area contributed by atoms with Gasteiger partial charge in [-0.3, -0.25) is 9.48 Å². The summed E-state index contributed by atoms with van der Waals surface area (Å²) < 4.78 is 7.08. The maximum Gasteiger partial charge on any atom is 0.341 e. The Hall–Kier alpha value is -2.63. The molecule has 3 rings (SSSR count). The highest BCUT2D eigenvalue weighted by molar-refractivity contribution is 5.95. The van der Waals surface area contributed by atoms with Gasteiger partial charge in [0.25, 0.3) is 0 Å². The van der Waals surface area contributed by atoms with E-state index in [1.165, 1.54) is 6.20 Å². The van der Waals surface area contributed by atoms with Crippen molar-refractivity contribution in [2.75, 3.05) is 18.1 Å². The van der Waals surface area contributed by atoms with E-state index in [1.54, 1.807) is 15.8 Å². The third-order valence-corrected chi connectivity index (χ3v) is 4.09. The fraction of sp³-hybridized carbons (Fsp3) is 0.389. The van der Waals surface area contributed by atoms with Gasteiger partial charge in [0.1, 0.15) is 0 Å². The molecule has 0 aliphatic carbocycles. The number of benzene rings is 1. The number of hydrogen-bond donors (Lipinski definition) is 0. The minimum atomic E-state index is -0.396. The normalized spacial score (nSPS) is 17.5. The van der Waals surface area contributed by atoms with Gasteiger partial charge in [0.15, 0.2) is 0 Å². The SMILES string of the molecule is CC(C)n1cc(C(=O)OCC2CC(=O)N(c3ccccc3)C2)cn1. The quantitative estimate of drug-likeness (QED) is 0.792. The molecular weight excluding hydrogens is 306 g/mol. The number of rotatable bonds is 5. The third kappa shape index (κ3) is 3.48. The van der Waals surface area contributed by atoms with Crippen molar-refractivity contribution in [3.63, 3.8) is 0 Å². The number of anilines is 1. The zero-order valence-corrected chi connectivity index (χ0v) is 13.9. The zero-order chi connectivity index (χ0) is 17.1. The van der Waals surface area contributed by atoms with E-state index in [9.17, 15) is 9.59 Å². The first kappa shape index (κ1) is 16.2. The van der Waals surface area contributed by atoms with Crippen molar-refractivity contribution in [1.29, 1.82) is 0 Å². The Labute approximate surface area is 141 Å². The highest BCUT2D eigenvalue weighted by Crippen LogP contribution is 2.25. The average molecular weight is 327 g/mol. The Morgan fingerprint density at radius 3 is 2.75 bits per heavy atom. The summed E-state index contributed by atoms with van der Waals surface area (Å²) in [5, 5.41) is 4.13. The molecule has 1 aliphatic heterocycles. The van der Waals surface area contributed by atoms with E-state index in [0.29, 0.717) is 18.5 Å². The van der Waals surface area contributed by atoms with Crippen molar-refractivity contribution in [3.05, 3.63) is 48.3 Å². The van der Waals surface area contributed by atoms with E-state index in [2.05, 4.69) is 5.10 Å². The fourth-order valence-electron chi connectivity index (χ4n) is 2.75. The minimum Gasteiger partial charge on any atom is -0.462 e. The zero-order valence-electron chi connectivity index (χ0n) is 13.9. The second-order valence-corrected chi connectivity index (χ2v) is 6.31. The first-order chi connectivity index (χ1) is 11.5. The van der Waals surface area contributed by atoms with Crippen LogP contribution in [-0.4, -0.2) is 34.8 Å². The standard InChI is InChI=1S/C18H21N3O3/c1-13(2)21-11-15(9-19-21)18(23)24-12-14-8-17(22)20(10-14)16-6-4-3-5-7-16/h3-7,9,11,13-14H,8,10,12H2,1-2H3. The number of hydrogen-bond acceptors (Lipinski definition) is 4. The number of carbonyl (C=O) groups excluding carboxylic acids is 2. The maximum atomic E-state index is 12.2. The van der Waals surface area contributed by atoms with Gasteiger partial charge in [0, 0.05) is 36.8 Å². The molecule has 1 fully saturated rings. The lowest BCUT2D eigenvalue weighted by atomic mass is 10.1. The first-order valence-electron chi connectivity index (χ1n) is 8.11. The van der Waals surface area contributed by atoms with Gasteiger partial charge in [-0.25, -0.2) is 4.79 Å². The third-order valence-electron chi connectivity index (χ3n) is 4.09. The summed E-state index contributed by atoms with van der Waals surface area (Å²) in [6, 6.07) is 9.74. The van der Waals surface area contributed by atoms with Crippen LogP contribution in [0.1, 0.15) is 36.7 Å². The number of nitrogens with zero attached hydrogens (tertiary/aromatic N) is 3. The average Bonchev–Trinajstić information content (AvgIpc) is 3.20. The van der Waals surface area contributed by atoms with Crippen molar-refractivity contribution >= 4 is 17.6 Å². The second-order valence-electron chi connectivity index (χ2n) is 6.31. The van der Waals surface area contributed by atoms with Gasteiger partial charge in [-0.2, -0.15) is 5.10 Å². The Balaban J connectivity index is 1.55. The monoisotopic (exact) mass is 327 g/mol. The minimum absolute atomic E-state index is 0.0156. The van der Waals surface area contributed by atoms with Crippen LogP contribution in [0.3, 0.4) is 0 Å². The first-order valence-corrected chi connectivity index (χ1v) is 8.11. The van der Waals surface area contributed by atoms with E-state index < -0.39 is 5.97 Å². The van der Waals surface area contributed by atoms with E-state index >= 15 is 0 Å². The molecule has 1 amide bonds. The molecule has 0 saturated carbocycles. The number of para-hydroxylation sites is 1. The van der Waals surface area contributed by atoms with E-state index in [4.69, 9.17) is 4.74 Å². The van der Waals surface area contributed by atoms with Crippen LogP contribution in [0.2, 0.25) is 0 Å². The predicted octanol–water partition coefficient (Wildman–Crippen LogP) is 2.67. The molecule has 1 saturated heterocycles. The molecule has 0 spiro atoms. The van der Waals surface area contributed by atoms with Gasteiger partial charge in [0.2, 0.25) is 5.91 Å². The number of esters is 1. The summed E-state index contributed by atoms with van der Waals surface area (Å²) in [6.45, 7) is 4.79. The smallest absolute Gasteiger partial charge is 0.341 e. The topological polar surface area (TPSA) is 64.4 Å². The highest BCUT2D eigenvalue weighted by Gasteiger charge is 2.31. The molecular formula is C18H21N3O3. The van der Waals surface area contributed by atoms with Crippen LogP contribution in [-0.2, 0) is 9.53 Å². The lowest BCUT2D eigenvalue weighted by Crippen LogP contribution is -2.25. The largest absolute Gasteiger partial charge is 0.462 e. The van der Waals surface area contributed by atoms with Crippen molar-refractivity contribution < 1.29 is 14.3 Å². The molecule has 0 N–H and O–H groups in total. The molecule has 24 heavy (non-hydrogen) atoms. The van der Waals surface area contributed by atoms with Crippen LogP contribution in [0.5, 0.6) is 0 Å². The lowest BCUT2D eigenvalue weighted by Gasteiger charge is -2.16. The Kier molecular flexibility index (Phi) is 4.64. The second kappa shape index (κ2) is 6.86.